The Labute approximate surface area is 67.8 Å². The van der Waals surface area contributed by atoms with E-state index in [9.17, 15) is 0 Å². The zero-order valence-corrected chi connectivity index (χ0v) is 7.41. The quantitative estimate of drug-likeness (QED) is 0.445. The van der Waals surface area contributed by atoms with E-state index < -0.39 is 6.29 Å². The zero-order chi connectivity index (χ0) is 9.11. The van der Waals surface area contributed by atoms with Gasteiger partial charge in [0.05, 0.1) is 13.2 Å². The van der Waals surface area contributed by atoms with Crippen LogP contribution in [0.2, 0.25) is 0 Å². The lowest BCUT2D eigenvalue weighted by Crippen LogP contribution is -2.11. The molecule has 0 aromatic rings. The molecule has 0 radical (unpaired) electrons. The first kappa shape index (κ1) is 13.4. The van der Waals surface area contributed by atoms with Crippen LogP contribution in [0.25, 0.3) is 0 Å². The second-order valence-corrected chi connectivity index (χ2v) is 1.67. The highest BCUT2D eigenvalue weighted by Gasteiger charge is 1.91. The lowest BCUT2D eigenvalue weighted by Gasteiger charge is -2.05. The van der Waals surface area contributed by atoms with Crippen molar-refractivity contribution in [2.24, 2.45) is 0 Å². The van der Waals surface area contributed by atoms with Crippen LogP contribution in [0.15, 0.2) is 0 Å². The average molecular weight is 166 g/mol. The Hall–Kier alpha value is -0.160. The zero-order valence-electron chi connectivity index (χ0n) is 7.41. The Morgan fingerprint density at radius 1 is 1.27 bits per heavy atom. The first-order valence-corrected chi connectivity index (χ1v) is 3.59. The van der Waals surface area contributed by atoms with Crippen molar-refractivity contribution < 1.29 is 19.7 Å². The van der Waals surface area contributed by atoms with Gasteiger partial charge in [-0.05, 0) is 13.8 Å². The lowest BCUT2D eigenvalue weighted by atomic mass is 10.7. The molecule has 4 nitrogen and oxygen atoms in total. The molecule has 4 heteroatoms. The summed E-state index contributed by atoms with van der Waals surface area (Å²) >= 11 is 0. The summed E-state index contributed by atoms with van der Waals surface area (Å²) in [6.45, 7) is 5.21. The van der Waals surface area contributed by atoms with Crippen LogP contribution in [-0.2, 0) is 9.47 Å². The molecule has 0 amide bonds. The number of rotatable bonds is 5. The van der Waals surface area contributed by atoms with E-state index in [4.69, 9.17) is 19.7 Å². The van der Waals surface area contributed by atoms with E-state index in [-0.39, 0.29) is 0 Å². The Morgan fingerprint density at radius 2 is 1.82 bits per heavy atom. The fraction of sp³-hybridized carbons (Fsp3) is 1.00. The fourth-order valence-electron chi connectivity index (χ4n) is 0.422. The Balaban J connectivity index is 0. The highest BCUT2D eigenvalue weighted by atomic mass is 16.6. The molecule has 0 aromatic heterocycles. The molecule has 0 fully saturated rings. The smallest absolute Gasteiger partial charge is 0.151 e. The Kier molecular flexibility index (Phi) is 15.3. The molecule has 0 bridgehead atoms. The molecule has 0 saturated carbocycles. The van der Waals surface area contributed by atoms with Crippen LogP contribution in [0.4, 0.5) is 0 Å². The van der Waals surface area contributed by atoms with Crippen LogP contribution in [0.5, 0.6) is 0 Å². The predicted octanol–water partition coefficient (Wildman–Crippen LogP) is -0.0137. The van der Waals surface area contributed by atoms with Crippen LogP contribution in [0.3, 0.4) is 0 Å². The minimum absolute atomic E-state index is 0.464. The summed E-state index contributed by atoms with van der Waals surface area (Å²) in [5, 5.41) is 15.6. The van der Waals surface area contributed by atoms with Crippen LogP contribution in [0, 0.1) is 0 Å². The molecule has 0 spiro atoms. The van der Waals surface area contributed by atoms with Crippen LogP contribution >= 0.6 is 0 Å². The lowest BCUT2D eigenvalue weighted by molar-refractivity contribution is -0.0987. The van der Waals surface area contributed by atoms with Crippen LogP contribution in [0.1, 0.15) is 13.8 Å². The molecule has 0 aromatic carbocycles. The number of aliphatic hydroxyl groups excluding tert-OH is 2. The molecule has 0 heterocycles. The maximum Gasteiger partial charge on any atom is 0.151 e. The summed E-state index contributed by atoms with van der Waals surface area (Å²) < 4.78 is 9.72. The molecule has 0 aliphatic rings. The van der Waals surface area contributed by atoms with E-state index in [0.717, 1.165) is 7.11 Å². The average Bonchev–Trinajstić information content (AvgIpc) is 2.02. The van der Waals surface area contributed by atoms with Crippen LogP contribution in [-0.4, -0.2) is 43.4 Å². The van der Waals surface area contributed by atoms with Gasteiger partial charge in [-0.1, -0.05) is 0 Å². The van der Waals surface area contributed by atoms with Gasteiger partial charge in [0, 0.05) is 13.7 Å². The van der Waals surface area contributed by atoms with Gasteiger partial charge in [0.2, 0.25) is 0 Å². The van der Waals surface area contributed by atoms with Crippen molar-refractivity contribution in [2.45, 2.75) is 20.1 Å². The van der Waals surface area contributed by atoms with Gasteiger partial charge in [-0.15, -0.1) is 0 Å². The van der Waals surface area contributed by atoms with Gasteiger partial charge >= 0.3 is 0 Å². The van der Waals surface area contributed by atoms with Crippen molar-refractivity contribution in [3.63, 3.8) is 0 Å². The summed E-state index contributed by atoms with van der Waals surface area (Å²) in [5.41, 5.74) is 0. The van der Waals surface area contributed by atoms with E-state index in [2.05, 4.69) is 0 Å². The third-order valence-corrected chi connectivity index (χ3v) is 0.791. The van der Waals surface area contributed by atoms with Gasteiger partial charge in [0.25, 0.3) is 0 Å². The maximum atomic E-state index is 8.57. The van der Waals surface area contributed by atoms with E-state index in [0.29, 0.717) is 19.8 Å². The number of hydrogen-bond acceptors (Lipinski definition) is 4. The summed E-state index contributed by atoms with van der Waals surface area (Å²) in [4.78, 5) is 0. The van der Waals surface area contributed by atoms with E-state index in [1.807, 2.05) is 6.92 Å². The standard InChI is InChI=1S/C6H14O3.CH4O/c1-3-8-4-5-9-6(2)7;1-2/h6-7H,3-5H2,1-2H3;2H,1H3. The SMILES string of the molecule is CCOCCOC(C)O.CO. The number of hydrogen-bond donors (Lipinski definition) is 2. The first-order valence-electron chi connectivity index (χ1n) is 3.59. The Bertz CT molecular complexity index is 56.4. The number of ether oxygens (including phenoxy) is 2. The van der Waals surface area contributed by atoms with Crippen molar-refractivity contribution in [3.8, 4) is 0 Å². The second kappa shape index (κ2) is 12.5. The van der Waals surface area contributed by atoms with Crippen molar-refractivity contribution in [1.29, 1.82) is 0 Å². The van der Waals surface area contributed by atoms with Gasteiger partial charge in [-0.3, -0.25) is 0 Å². The van der Waals surface area contributed by atoms with E-state index >= 15 is 0 Å². The van der Waals surface area contributed by atoms with Crippen molar-refractivity contribution in [2.75, 3.05) is 26.9 Å². The van der Waals surface area contributed by atoms with Gasteiger partial charge in [0.1, 0.15) is 0 Å². The normalized spacial score (nSPS) is 11.7. The van der Waals surface area contributed by atoms with Crippen molar-refractivity contribution in [1.82, 2.24) is 0 Å². The maximum absolute atomic E-state index is 8.57. The highest BCUT2D eigenvalue weighted by Crippen LogP contribution is 1.83. The topological polar surface area (TPSA) is 58.9 Å². The largest absolute Gasteiger partial charge is 0.400 e. The van der Waals surface area contributed by atoms with Gasteiger partial charge < -0.3 is 19.7 Å². The van der Waals surface area contributed by atoms with E-state index in [1.54, 1.807) is 6.92 Å². The van der Waals surface area contributed by atoms with Gasteiger partial charge in [-0.25, -0.2) is 0 Å². The monoisotopic (exact) mass is 166 g/mol. The van der Waals surface area contributed by atoms with Crippen molar-refractivity contribution in [3.05, 3.63) is 0 Å². The second-order valence-electron chi connectivity index (χ2n) is 1.67. The fourth-order valence-corrected chi connectivity index (χ4v) is 0.422. The number of aliphatic hydroxyl groups is 2. The molecule has 0 aliphatic heterocycles. The summed E-state index contributed by atoms with van der Waals surface area (Å²) in [5.74, 6) is 0. The predicted molar refractivity (Wildman–Crippen MR) is 42.3 cm³/mol. The molecule has 0 aliphatic carbocycles. The molecule has 1 atom stereocenters. The third-order valence-electron chi connectivity index (χ3n) is 0.791. The molecule has 0 rings (SSSR count). The minimum Gasteiger partial charge on any atom is -0.400 e. The third kappa shape index (κ3) is 17.7. The van der Waals surface area contributed by atoms with E-state index in [1.165, 1.54) is 0 Å². The molecular weight excluding hydrogens is 148 g/mol. The molecule has 0 saturated heterocycles. The molecular formula is C7H18O4. The van der Waals surface area contributed by atoms with Crippen LogP contribution < -0.4 is 0 Å². The minimum atomic E-state index is -0.676. The summed E-state index contributed by atoms with van der Waals surface area (Å²) in [6, 6.07) is 0. The highest BCUT2D eigenvalue weighted by molar-refractivity contribution is 4.28. The molecule has 11 heavy (non-hydrogen) atoms. The van der Waals surface area contributed by atoms with Crippen molar-refractivity contribution >= 4 is 0 Å². The molecule has 1 unspecified atom stereocenters. The first-order chi connectivity index (χ1) is 5.27. The summed E-state index contributed by atoms with van der Waals surface area (Å²) in [6.07, 6.45) is -0.676. The molecule has 2 N–H and O–H groups in total. The van der Waals surface area contributed by atoms with Gasteiger partial charge in [-0.2, -0.15) is 0 Å². The van der Waals surface area contributed by atoms with Gasteiger partial charge in [0.15, 0.2) is 6.29 Å². The summed E-state index contributed by atoms with van der Waals surface area (Å²) in [7, 11) is 1.00. The Morgan fingerprint density at radius 3 is 2.18 bits per heavy atom. The molecule has 70 valence electrons.